The van der Waals surface area contributed by atoms with Gasteiger partial charge >= 0.3 is 6.03 Å². The molecular weight excluding hydrogens is 423 g/mol. The van der Waals surface area contributed by atoms with Gasteiger partial charge in [0.15, 0.2) is 0 Å². The highest BCUT2D eigenvalue weighted by Crippen LogP contribution is 2.19. The molecule has 2 fully saturated rings. The summed E-state index contributed by atoms with van der Waals surface area (Å²) in [7, 11) is 0. The number of hydrogen-bond acceptors (Lipinski definition) is 3. The maximum Gasteiger partial charge on any atom is 0.317 e. The molecule has 3 rings (SSSR count). The van der Waals surface area contributed by atoms with Gasteiger partial charge in [-0.25, -0.2) is 9.18 Å². The van der Waals surface area contributed by atoms with Gasteiger partial charge in [0.2, 0.25) is 5.91 Å². The minimum Gasteiger partial charge on any atom is -0.353 e. The lowest BCUT2D eigenvalue weighted by Crippen LogP contribution is -2.51. The average Bonchev–Trinajstić information content (AvgIpc) is 2.75. The molecule has 9 heteroatoms. The number of piperidine rings is 1. The van der Waals surface area contributed by atoms with Gasteiger partial charge in [-0.15, -0.1) is 0 Å². The SMILES string of the molecule is O=C(CCNC(=O)c1ccc(F)cc1Cl)NC1CCN(C(=O)NC2CCCCC2)CC1. The van der Waals surface area contributed by atoms with Gasteiger partial charge in [-0.3, -0.25) is 9.59 Å². The van der Waals surface area contributed by atoms with Gasteiger partial charge in [0, 0.05) is 38.1 Å². The molecule has 1 aliphatic heterocycles. The molecule has 1 aromatic carbocycles. The van der Waals surface area contributed by atoms with E-state index in [0.29, 0.717) is 32.0 Å². The van der Waals surface area contributed by atoms with Crippen molar-refractivity contribution in [3.63, 3.8) is 0 Å². The number of carbonyl (C=O) groups is 3. The summed E-state index contributed by atoms with van der Waals surface area (Å²) in [6.07, 6.45) is 7.27. The van der Waals surface area contributed by atoms with Crippen LogP contribution in [0.3, 0.4) is 0 Å². The Hall–Kier alpha value is -2.35. The third-order valence-electron chi connectivity index (χ3n) is 5.89. The van der Waals surface area contributed by atoms with Crippen molar-refractivity contribution in [3.05, 3.63) is 34.6 Å². The lowest BCUT2D eigenvalue weighted by atomic mass is 9.95. The Kier molecular flexibility index (Phi) is 8.51. The predicted molar refractivity (Wildman–Crippen MR) is 117 cm³/mol. The highest BCUT2D eigenvalue weighted by molar-refractivity contribution is 6.33. The Morgan fingerprint density at radius 2 is 1.68 bits per heavy atom. The van der Waals surface area contributed by atoms with Gasteiger partial charge < -0.3 is 20.9 Å². The number of benzene rings is 1. The van der Waals surface area contributed by atoms with Gasteiger partial charge in [-0.1, -0.05) is 30.9 Å². The first-order valence-electron chi connectivity index (χ1n) is 11.0. The zero-order valence-corrected chi connectivity index (χ0v) is 18.3. The zero-order chi connectivity index (χ0) is 22.2. The van der Waals surface area contributed by atoms with Crippen LogP contribution >= 0.6 is 11.6 Å². The molecule has 1 aromatic rings. The minimum atomic E-state index is -0.515. The summed E-state index contributed by atoms with van der Waals surface area (Å²) in [5, 5.41) is 8.75. The van der Waals surface area contributed by atoms with E-state index in [2.05, 4.69) is 16.0 Å². The first-order chi connectivity index (χ1) is 14.9. The molecule has 7 nitrogen and oxygen atoms in total. The van der Waals surface area contributed by atoms with E-state index in [4.69, 9.17) is 11.6 Å². The molecule has 3 N–H and O–H groups in total. The van der Waals surface area contributed by atoms with Crippen LogP contribution in [0.1, 0.15) is 61.7 Å². The number of urea groups is 1. The predicted octanol–water partition coefficient (Wildman–Crippen LogP) is 3.22. The van der Waals surface area contributed by atoms with Crippen LogP contribution in [0.25, 0.3) is 0 Å². The molecule has 0 aromatic heterocycles. The van der Waals surface area contributed by atoms with E-state index in [-0.39, 0.29) is 41.5 Å². The number of hydrogen-bond donors (Lipinski definition) is 3. The molecular formula is C22H30ClFN4O3. The summed E-state index contributed by atoms with van der Waals surface area (Å²) in [6, 6.07) is 3.86. The summed E-state index contributed by atoms with van der Waals surface area (Å²) >= 11 is 5.87. The van der Waals surface area contributed by atoms with E-state index in [1.807, 2.05) is 4.90 Å². The van der Waals surface area contributed by atoms with Gasteiger partial charge in [0.05, 0.1) is 10.6 Å². The number of amides is 4. The smallest absolute Gasteiger partial charge is 0.317 e. The molecule has 1 saturated heterocycles. The molecule has 0 spiro atoms. The van der Waals surface area contributed by atoms with E-state index in [1.165, 1.54) is 25.3 Å². The lowest BCUT2D eigenvalue weighted by molar-refractivity contribution is -0.121. The molecule has 0 atom stereocenters. The fourth-order valence-corrected chi connectivity index (χ4v) is 4.35. The third kappa shape index (κ3) is 7.09. The Morgan fingerprint density at radius 3 is 2.35 bits per heavy atom. The van der Waals surface area contributed by atoms with Crippen LogP contribution in [0.4, 0.5) is 9.18 Å². The second kappa shape index (κ2) is 11.3. The first kappa shape index (κ1) is 23.3. The van der Waals surface area contributed by atoms with Crippen LogP contribution in [-0.4, -0.2) is 54.5 Å². The van der Waals surface area contributed by atoms with E-state index in [9.17, 15) is 18.8 Å². The fourth-order valence-electron chi connectivity index (χ4n) is 4.10. The van der Waals surface area contributed by atoms with Crippen LogP contribution in [-0.2, 0) is 4.79 Å². The van der Waals surface area contributed by atoms with Crippen molar-refractivity contribution in [2.24, 2.45) is 0 Å². The van der Waals surface area contributed by atoms with Crippen LogP contribution in [0, 0.1) is 5.82 Å². The molecule has 1 aliphatic carbocycles. The zero-order valence-electron chi connectivity index (χ0n) is 17.6. The highest BCUT2D eigenvalue weighted by atomic mass is 35.5. The number of nitrogens with zero attached hydrogens (tertiary/aromatic N) is 1. The normalized spacial score (nSPS) is 17.8. The molecule has 170 valence electrons. The van der Waals surface area contributed by atoms with Crippen LogP contribution in [0.15, 0.2) is 18.2 Å². The quantitative estimate of drug-likeness (QED) is 0.619. The minimum absolute atomic E-state index is 0.00107. The Labute approximate surface area is 187 Å². The van der Waals surface area contributed by atoms with E-state index >= 15 is 0 Å². The van der Waals surface area contributed by atoms with Gasteiger partial charge in [0.1, 0.15) is 5.82 Å². The standard InChI is InChI=1S/C22H30ClFN4O3/c23-19-14-15(24)6-7-18(19)21(30)25-11-8-20(29)26-17-9-12-28(13-10-17)22(31)27-16-4-2-1-3-5-16/h6-7,14,16-17H,1-5,8-13H2,(H,25,30)(H,26,29)(H,27,31). The number of carbonyl (C=O) groups excluding carboxylic acids is 3. The summed E-state index contributed by atoms with van der Waals surface area (Å²) in [5.74, 6) is -1.12. The van der Waals surface area contributed by atoms with Gasteiger partial charge in [-0.05, 0) is 43.9 Å². The molecule has 4 amide bonds. The first-order valence-corrected chi connectivity index (χ1v) is 11.4. The molecule has 31 heavy (non-hydrogen) atoms. The van der Waals surface area contributed by atoms with Gasteiger partial charge in [0.25, 0.3) is 5.91 Å². The third-order valence-corrected chi connectivity index (χ3v) is 6.21. The van der Waals surface area contributed by atoms with Crippen molar-refractivity contribution in [1.82, 2.24) is 20.9 Å². The molecule has 1 heterocycles. The average molecular weight is 453 g/mol. The molecule has 0 radical (unpaired) electrons. The largest absolute Gasteiger partial charge is 0.353 e. The lowest BCUT2D eigenvalue weighted by Gasteiger charge is -2.34. The number of nitrogens with one attached hydrogen (secondary N) is 3. The maximum absolute atomic E-state index is 13.1. The van der Waals surface area contributed by atoms with E-state index < -0.39 is 11.7 Å². The van der Waals surface area contributed by atoms with Crippen molar-refractivity contribution in [1.29, 1.82) is 0 Å². The summed E-state index contributed by atoms with van der Waals surface area (Å²) in [4.78, 5) is 38.5. The number of halogens is 2. The topological polar surface area (TPSA) is 90.5 Å². The summed E-state index contributed by atoms with van der Waals surface area (Å²) in [5.41, 5.74) is 0.169. The molecule has 1 saturated carbocycles. The Bertz CT molecular complexity index is 793. The van der Waals surface area contributed by atoms with Crippen molar-refractivity contribution in [3.8, 4) is 0 Å². The fraction of sp³-hybridized carbons (Fsp3) is 0.591. The number of rotatable bonds is 6. The Balaban J connectivity index is 1.32. The maximum atomic E-state index is 13.1. The van der Waals surface area contributed by atoms with E-state index in [1.54, 1.807) is 0 Å². The highest BCUT2D eigenvalue weighted by Gasteiger charge is 2.25. The van der Waals surface area contributed by atoms with Crippen LogP contribution in [0.5, 0.6) is 0 Å². The molecule has 0 bridgehead atoms. The van der Waals surface area contributed by atoms with Crippen molar-refractivity contribution >= 4 is 29.4 Å². The van der Waals surface area contributed by atoms with Crippen molar-refractivity contribution in [2.75, 3.05) is 19.6 Å². The number of likely N-dealkylation sites (tertiary alicyclic amines) is 1. The Morgan fingerprint density at radius 1 is 1.00 bits per heavy atom. The van der Waals surface area contributed by atoms with Gasteiger partial charge in [-0.2, -0.15) is 0 Å². The molecule has 2 aliphatic rings. The summed E-state index contributed by atoms with van der Waals surface area (Å²) < 4.78 is 13.1. The monoisotopic (exact) mass is 452 g/mol. The van der Waals surface area contributed by atoms with Crippen molar-refractivity contribution < 1.29 is 18.8 Å². The summed E-state index contributed by atoms with van der Waals surface area (Å²) in [6.45, 7) is 1.38. The van der Waals surface area contributed by atoms with Crippen LogP contribution in [0.2, 0.25) is 5.02 Å². The second-order valence-electron chi connectivity index (χ2n) is 8.24. The molecule has 0 unspecified atom stereocenters. The van der Waals surface area contributed by atoms with Crippen molar-refractivity contribution in [2.45, 2.75) is 63.5 Å². The van der Waals surface area contributed by atoms with E-state index in [0.717, 1.165) is 25.0 Å². The second-order valence-corrected chi connectivity index (χ2v) is 8.65. The van der Waals surface area contributed by atoms with Crippen LogP contribution < -0.4 is 16.0 Å².